The monoisotopic (exact) mass is 154 g/mol. The highest BCUT2D eigenvalue weighted by Crippen LogP contribution is 2.18. The van der Waals surface area contributed by atoms with Gasteiger partial charge in [0.1, 0.15) is 0 Å². The number of hydrogen-bond donors (Lipinski definition) is 1. The van der Waals surface area contributed by atoms with E-state index in [-0.39, 0.29) is 17.5 Å². The fourth-order valence-corrected chi connectivity index (χ4v) is 0.540. The van der Waals surface area contributed by atoms with Crippen LogP contribution in [0.5, 0.6) is 6.01 Å². The fraction of sp³-hybridized carbons (Fsp3) is 0.200. The van der Waals surface area contributed by atoms with Gasteiger partial charge in [-0.25, -0.2) is 4.98 Å². The first-order valence-electron chi connectivity index (χ1n) is 2.77. The number of nitroso groups, excluding NO2 is 1. The van der Waals surface area contributed by atoms with Gasteiger partial charge >= 0.3 is 6.01 Å². The zero-order valence-electron chi connectivity index (χ0n) is 5.81. The van der Waals surface area contributed by atoms with Crippen LogP contribution in [-0.4, -0.2) is 17.1 Å². The maximum atomic E-state index is 9.98. The van der Waals surface area contributed by atoms with Gasteiger partial charge in [0.2, 0.25) is 0 Å². The van der Waals surface area contributed by atoms with E-state index in [0.29, 0.717) is 0 Å². The molecule has 1 rings (SSSR count). The summed E-state index contributed by atoms with van der Waals surface area (Å²) in [6.45, 7) is 0. The van der Waals surface area contributed by atoms with E-state index < -0.39 is 0 Å². The number of anilines is 1. The summed E-state index contributed by atoms with van der Waals surface area (Å²) < 4.78 is 4.65. The number of nitrogen functional groups attached to an aromatic ring is 1. The predicted molar refractivity (Wildman–Crippen MR) is 38.5 cm³/mol. The third kappa shape index (κ3) is 1.40. The van der Waals surface area contributed by atoms with Crippen molar-refractivity contribution in [1.82, 2.24) is 9.97 Å². The summed E-state index contributed by atoms with van der Waals surface area (Å²) in [6, 6.07) is 0.120. The molecule has 0 aromatic carbocycles. The SMILES string of the molecule is COc1ncc(N=O)c(N)n1. The Morgan fingerprint density at radius 3 is 2.91 bits per heavy atom. The van der Waals surface area contributed by atoms with Crippen LogP contribution in [-0.2, 0) is 0 Å². The summed E-state index contributed by atoms with van der Waals surface area (Å²) in [5.74, 6) is 0.0202. The predicted octanol–water partition coefficient (Wildman–Crippen LogP) is 0.465. The fourth-order valence-electron chi connectivity index (χ4n) is 0.540. The van der Waals surface area contributed by atoms with Crippen LogP contribution in [0.15, 0.2) is 11.4 Å². The van der Waals surface area contributed by atoms with Gasteiger partial charge in [0, 0.05) is 0 Å². The van der Waals surface area contributed by atoms with Crippen LogP contribution < -0.4 is 10.5 Å². The molecule has 1 aromatic heterocycles. The molecular weight excluding hydrogens is 148 g/mol. The molecule has 0 saturated carbocycles. The Balaban J connectivity index is 3.09. The van der Waals surface area contributed by atoms with Crippen molar-refractivity contribution in [3.8, 4) is 6.01 Å². The third-order valence-corrected chi connectivity index (χ3v) is 1.06. The maximum absolute atomic E-state index is 9.98. The van der Waals surface area contributed by atoms with Crippen LogP contribution in [0.4, 0.5) is 11.5 Å². The van der Waals surface area contributed by atoms with Crippen molar-refractivity contribution < 1.29 is 4.74 Å². The second kappa shape index (κ2) is 2.91. The number of ether oxygens (including phenoxy) is 1. The second-order valence-electron chi connectivity index (χ2n) is 1.72. The summed E-state index contributed by atoms with van der Waals surface area (Å²) in [7, 11) is 1.41. The number of aromatic nitrogens is 2. The third-order valence-electron chi connectivity index (χ3n) is 1.06. The number of hydrogen-bond acceptors (Lipinski definition) is 6. The van der Waals surface area contributed by atoms with Gasteiger partial charge in [-0.3, -0.25) is 0 Å². The standard InChI is InChI=1S/C5H6N4O2/c1-11-5-7-2-3(9-10)4(6)8-5/h2H,1H3,(H2,6,7,8). The molecule has 0 radical (unpaired) electrons. The minimum absolute atomic E-state index is 0.0193. The molecule has 1 heterocycles. The summed E-state index contributed by atoms with van der Waals surface area (Å²) in [6.07, 6.45) is 1.20. The molecular formula is C5H6N4O2. The van der Waals surface area contributed by atoms with Gasteiger partial charge < -0.3 is 10.5 Å². The van der Waals surface area contributed by atoms with Crippen LogP contribution in [0.25, 0.3) is 0 Å². The number of nitrogens with two attached hydrogens (primary N) is 1. The van der Waals surface area contributed by atoms with Gasteiger partial charge in [-0.15, -0.1) is 4.91 Å². The van der Waals surface area contributed by atoms with Crippen LogP contribution in [0.1, 0.15) is 0 Å². The Morgan fingerprint density at radius 2 is 2.45 bits per heavy atom. The van der Waals surface area contributed by atoms with E-state index >= 15 is 0 Å². The molecule has 6 heteroatoms. The first-order valence-corrected chi connectivity index (χ1v) is 2.77. The van der Waals surface area contributed by atoms with Crippen molar-refractivity contribution in [3.63, 3.8) is 0 Å². The molecule has 0 amide bonds. The molecule has 11 heavy (non-hydrogen) atoms. The normalized spacial score (nSPS) is 9.18. The van der Waals surface area contributed by atoms with Crippen LogP contribution in [0.2, 0.25) is 0 Å². The molecule has 0 unspecified atom stereocenters. The van der Waals surface area contributed by atoms with Crippen molar-refractivity contribution in [2.75, 3.05) is 12.8 Å². The molecule has 0 aliphatic heterocycles. The first kappa shape index (κ1) is 7.39. The van der Waals surface area contributed by atoms with Crippen LogP contribution in [0, 0.1) is 4.91 Å². The number of methoxy groups -OCH3 is 1. The highest BCUT2D eigenvalue weighted by atomic mass is 16.5. The van der Waals surface area contributed by atoms with Gasteiger partial charge in [0.15, 0.2) is 11.5 Å². The Bertz CT molecular complexity index is 275. The number of nitrogens with zero attached hydrogens (tertiary/aromatic N) is 3. The lowest BCUT2D eigenvalue weighted by Crippen LogP contribution is -1.96. The molecule has 58 valence electrons. The molecule has 0 atom stereocenters. The van der Waals surface area contributed by atoms with Crippen molar-refractivity contribution in [3.05, 3.63) is 11.1 Å². The Labute approximate surface area is 62.4 Å². The van der Waals surface area contributed by atoms with E-state index in [1.165, 1.54) is 13.3 Å². The summed E-state index contributed by atoms with van der Waals surface area (Å²) >= 11 is 0. The van der Waals surface area contributed by atoms with Crippen molar-refractivity contribution in [2.45, 2.75) is 0 Å². The van der Waals surface area contributed by atoms with E-state index in [1.54, 1.807) is 0 Å². The minimum atomic E-state index is 0.0193. The molecule has 0 aliphatic rings. The van der Waals surface area contributed by atoms with E-state index in [0.717, 1.165) is 0 Å². The lowest BCUT2D eigenvalue weighted by atomic mass is 10.5. The van der Waals surface area contributed by atoms with Crippen LogP contribution in [0.3, 0.4) is 0 Å². The summed E-state index contributed by atoms with van der Waals surface area (Å²) in [5, 5.41) is 2.59. The lowest BCUT2D eigenvalue weighted by Gasteiger charge is -1.97. The Kier molecular flexibility index (Phi) is 1.95. The molecule has 0 fully saturated rings. The van der Waals surface area contributed by atoms with Gasteiger partial charge in [-0.05, 0) is 5.18 Å². The molecule has 0 saturated heterocycles. The highest BCUT2D eigenvalue weighted by Gasteiger charge is 2.02. The lowest BCUT2D eigenvalue weighted by molar-refractivity contribution is 0.380. The topological polar surface area (TPSA) is 90.5 Å². The Hall–Kier alpha value is -1.72. The average molecular weight is 154 g/mol. The van der Waals surface area contributed by atoms with Crippen LogP contribution >= 0.6 is 0 Å². The number of rotatable bonds is 2. The van der Waals surface area contributed by atoms with E-state index in [9.17, 15) is 4.91 Å². The second-order valence-corrected chi connectivity index (χ2v) is 1.72. The smallest absolute Gasteiger partial charge is 0.318 e. The van der Waals surface area contributed by atoms with E-state index in [4.69, 9.17) is 5.73 Å². The van der Waals surface area contributed by atoms with Gasteiger partial charge in [0.25, 0.3) is 0 Å². The van der Waals surface area contributed by atoms with E-state index in [1.807, 2.05) is 0 Å². The van der Waals surface area contributed by atoms with Crippen molar-refractivity contribution >= 4 is 11.5 Å². The zero-order valence-corrected chi connectivity index (χ0v) is 5.81. The molecule has 6 nitrogen and oxygen atoms in total. The van der Waals surface area contributed by atoms with Gasteiger partial charge in [-0.1, -0.05) is 0 Å². The molecule has 0 spiro atoms. The average Bonchev–Trinajstić information content (AvgIpc) is 2.04. The van der Waals surface area contributed by atoms with E-state index in [2.05, 4.69) is 19.9 Å². The summed E-state index contributed by atoms with van der Waals surface area (Å²) in [5.41, 5.74) is 5.30. The van der Waals surface area contributed by atoms with Crippen molar-refractivity contribution in [2.24, 2.45) is 5.18 Å². The molecule has 1 aromatic rings. The highest BCUT2D eigenvalue weighted by molar-refractivity contribution is 5.55. The van der Waals surface area contributed by atoms with Crippen molar-refractivity contribution in [1.29, 1.82) is 0 Å². The zero-order chi connectivity index (χ0) is 8.27. The first-order chi connectivity index (χ1) is 5.27. The van der Waals surface area contributed by atoms with Gasteiger partial charge in [0.05, 0.1) is 13.3 Å². The molecule has 0 bridgehead atoms. The van der Waals surface area contributed by atoms with Gasteiger partial charge in [-0.2, -0.15) is 4.98 Å². The Morgan fingerprint density at radius 1 is 1.73 bits per heavy atom. The molecule has 2 N–H and O–H groups in total. The minimum Gasteiger partial charge on any atom is -0.467 e. The summed E-state index contributed by atoms with van der Waals surface area (Å²) in [4.78, 5) is 17.2. The maximum Gasteiger partial charge on any atom is 0.318 e. The quantitative estimate of drug-likeness (QED) is 0.625. The largest absolute Gasteiger partial charge is 0.467 e. The molecule has 0 aliphatic carbocycles.